The number of hydrogen-bond acceptors (Lipinski definition) is 3. The molecule has 1 heterocycles. The Kier molecular flexibility index (Phi) is 3.14. The first-order valence-electron chi connectivity index (χ1n) is 7.00. The highest BCUT2D eigenvalue weighted by Gasteiger charge is 2.27. The molecule has 1 aromatic rings. The number of nitrogens with one attached hydrogen (secondary N) is 1. The third-order valence-corrected chi connectivity index (χ3v) is 4.35. The van der Waals surface area contributed by atoms with Gasteiger partial charge in [-0.05, 0) is 32.1 Å². The number of hydrogen-bond donors (Lipinski definition) is 2. The van der Waals surface area contributed by atoms with Gasteiger partial charge in [0.1, 0.15) is 5.82 Å². The second kappa shape index (κ2) is 4.77. The minimum absolute atomic E-state index is 0.358. The first-order chi connectivity index (χ1) is 8.33. The summed E-state index contributed by atoms with van der Waals surface area (Å²) in [5.41, 5.74) is 5.95. The quantitative estimate of drug-likeness (QED) is 0.826. The lowest BCUT2D eigenvalue weighted by Crippen LogP contribution is -2.14. The molecule has 0 saturated heterocycles. The zero-order valence-electron chi connectivity index (χ0n) is 10.4. The summed E-state index contributed by atoms with van der Waals surface area (Å²) in [5.74, 6) is 3.26. The molecule has 2 saturated carbocycles. The molecule has 2 aliphatic carbocycles. The van der Waals surface area contributed by atoms with Crippen LogP contribution in [-0.4, -0.2) is 21.2 Å². The van der Waals surface area contributed by atoms with E-state index in [9.17, 15) is 0 Å². The van der Waals surface area contributed by atoms with E-state index in [0.29, 0.717) is 17.9 Å². The van der Waals surface area contributed by atoms with Crippen molar-refractivity contribution in [2.45, 2.75) is 69.2 Å². The monoisotopic (exact) mass is 234 g/mol. The molecule has 0 aliphatic heterocycles. The number of rotatable bonds is 2. The third-order valence-electron chi connectivity index (χ3n) is 4.35. The predicted octanol–water partition coefficient (Wildman–Crippen LogP) is 2.45. The van der Waals surface area contributed by atoms with Crippen LogP contribution >= 0.6 is 0 Å². The Hall–Kier alpha value is -0.900. The molecule has 0 aromatic carbocycles. The standard InChI is InChI=1S/C13H22N4/c14-11-7-6-10(8-11)13-15-12(16-17-13)9-4-2-1-3-5-9/h9-11H,1-8,14H2,(H,15,16,17)/t10-,11+/m1/s1. The zero-order chi connectivity index (χ0) is 11.7. The number of aromatic nitrogens is 3. The summed E-state index contributed by atoms with van der Waals surface area (Å²) in [4.78, 5) is 4.73. The van der Waals surface area contributed by atoms with E-state index in [1.165, 1.54) is 32.1 Å². The maximum atomic E-state index is 5.95. The van der Waals surface area contributed by atoms with Crippen molar-refractivity contribution in [3.8, 4) is 0 Å². The summed E-state index contributed by atoms with van der Waals surface area (Å²) in [5, 5.41) is 7.58. The summed E-state index contributed by atoms with van der Waals surface area (Å²) in [6, 6.07) is 0.358. The van der Waals surface area contributed by atoms with Crippen molar-refractivity contribution >= 4 is 0 Å². The van der Waals surface area contributed by atoms with Crippen molar-refractivity contribution in [1.29, 1.82) is 0 Å². The van der Waals surface area contributed by atoms with Crippen LogP contribution in [0.1, 0.15) is 74.9 Å². The lowest BCUT2D eigenvalue weighted by atomic mass is 9.89. The highest BCUT2D eigenvalue weighted by Crippen LogP contribution is 2.34. The lowest BCUT2D eigenvalue weighted by Gasteiger charge is -2.18. The summed E-state index contributed by atoms with van der Waals surface area (Å²) in [6.07, 6.45) is 9.96. The Morgan fingerprint density at radius 3 is 2.53 bits per heavy atom. The number of aromatic amines is 1. The van der Waals surface area contributed by atoms with Crippen molar-refractivity contribution in [3.63, 3.8) is 0 Å². The molecular weight excluding hydrogens is 212 g/mol. The molecule has 17 heavy (non-hydrogen) atoms. The van der Waals surface area contributed by atoms with Gasteiger partial charge in [-0.3, -0.25) is 5.10 Å². The minimum atomic E-state index is 0.358. The molecule has 1 aromatic heterocycles. The summed E-state index contributed by atoms with van der Waals surface area (Å²) >= 11 is 0. The summed E-state index contributed by atoms with van der Waals surface area (Å²) in [7, 11) is 0. The molecule has 94 valence electrons. The van der Waals surface area contributed by atoms with E-state index in [-0.39, 0.29) is 0 Å². The average molecular weight is 234 g/mol. The van der Waals surface area contributed by atoms with Crippen LogP contribution in [0.4, 0.5) is 0 Å². The van der Waals surface area contributed by atoms with Gasteiger partial charge in [-0.15, -0.1) is 0 Å². The highest BCUT2D eigenvalue weighted by molar-refractivity contribution is 5.05. The van der Waals surface area contributed by atoms with E-state index >= 15 is 0 Å². The minimum Gasteiger partial charge on any atom is -0.328 e. The molecule has 0 bridgehead atoms. The van der Waals surface area contributed by atoms with Gasteiger partial charge in [0, 0.05) is 17.9 Å². The van der Waals surface area contributed by atoms with Crippen LogP contribution in [0, 0.1) is 0 Å². The average Bonchev–Trinajstić information content (AvgIpc) is 2.98. The van der Waals surface area contributed by atoms with Gasteiger partial charge in [-0.25, -0.2) is 4.98 Å². The highest BCUT2D eigenvalue weighted by atomic mass is 15.2. The fraction of sp³-hybridized carbons (Fsp3) is 0.846. The second-order valence-corrected chi connectivity index (χ2v) is 5.68. The second-order valence-electron chi connectivity index (χ2n) is 5.68. The van der Waals surface area contributed by atoms with Crippen molar-refractivity contribution < 1.29 is 0 Å². The zero-order valence-corrected chi connectivity index (χ0v) is 10.4. The molecule has 0 amide bonds. The maximum absolute atomic E-state index is 5.95. The fourth-order valence-corrected chi connectivity index (χ4v) is 3.28. The Morgan fingerprint density at radius 2 is 1.82 bits per heavy atom. The van der Waals surface area contributed by atoms with Crippen LogP contribution < -0.4 is 5.73 Å². The van der Waals surface area contributed by atoms with Gasteiger partial charge in [-0.1, -0.05) is 19.3 Å². The number of nitrogens with zero attached hydrogens (tertiary/aromatic N) is 2. The van der Waals surface area contributed by atoms with Crippen molar-refractivity contribution in [1.82, 2.24) is 15.2 Å². The first kappa shape index (κ1) is 11.2. The Labute approximate surface area is 102 Å². The van der Waals surface area contributed by atoms with Gasteiger partial charge in [0.25, 0.3) is 0 Å². The van der Waals surface area contributed by atoms with E-state index < -0.39 is 0 Å². The Balaban J connectivity index is 1.69. The van der Waals surface area contributed by atoms with Crippen molar-refractivity contribution in [3.05, 3.63) is 11.6 Å². The van der Waals surface area contributed by atoms with Crippen LogP contribution in [0.25, 0.3) is 0 Å². The third kappa shape index (κ3) is 2.37. The van der Waals surface area contributed by atoms with Gasteiger partial charge in [0.15, 0.2) is 5.82 Å². The molecule has 0 radical (unpaired) electrons. The molecule has 3 rings (SSSR count). The van der Waals surface area contributed by atoms with Crippen molar-refractivity contribution in [2.24, 2.45) is 5.73 Å². The molecule has 2 fully saturated rings. The van der Waals surface area contributed by atoms with Crippen LogP contribution in [0.5, 0.6) is 0 Å². The topological polar surface area (TPSA) is 67.6 Å². The van der Waals surface area contributed by atoms with Crippen LogP contribution in [-0.2, 0) is 0 Å². The first-order valence-corrected chi connectivity index (χ1v) is 7.00. The molecule has 0 spiro atoms. The van der Waals surface area contributed by atoms with Crippen LogP contribution in [0.3, 0.4) is 0 Å². The van der Waals surface area contributed by atoms with E-state index in [2.05, 4.69) is 10.2 Å². The van der Waals surface area contributed by atoms with Crippen LogP contribution in [0.15, 0.2) is 0 Å². The van der Waals surface area contributed by atoms with Gasteiger partial charge >= 0.3 is 0 Å². The van der Waals surface area contributed by atoms with E-state index in [1.54, 1.807) is 0 Å². The summed E-state index contributed by atoms with van der Waals surface area (Å²) < 4.78 is 0. The smallest absolute Gasteiger partial charge is 0.153 e. The molecule has 0 unspecified atom stereocenters. The van der Waals surface area contributed by atoms with Gasteiger partial charge < -0.3 is 5.73 Å². The Bertz CT molecular complexity index is 348. The van der Waals surface area contributed by atoms with Gasteiger partial charge in [0.05, 0.1) is 0 Å². The molecule has 3 N–H and O–H groups in total. The SMILES string of the molecule is N[C@H]1CC[C@@H](c2n[nH]c(C3CCCCC3)n2)C1. The normalized spacial score (nSPS) is 30.9. The molecule has 2 aliphatic rings. The summed E-state index contributed by atoms with van der Waals surface area (Å²) in [6.45, 7) is 0. The molecule has 4 heteroatoms. The number of nitrogens with two attached hydrogens (primary N) is 1. The van der Waals surface area contributed by atoms with Gasteiger partial charge in [-0.2, -0.15) is 5.10 Å². The number of H-pyrrole nitrogens is 1. The maximum Gasteiger partial charge on any atom is 0.153 e. The van der Waals surface area contributed by atoms with E-state index in [0.717, 1.165) is 30.9 Å². The lowest BCUT2D eigenvalue weighted by molar-refractivity contribution is 0.429. The van der Waals surface area contributed by atoms with Crippen molar-refractivity contribution in [2.75, 3.05) is 0 Å². The van der Waals surface area contributed by atoms with E-state index in [4.69, 9.17) is 10.7 Å². The molecule has 2 atom stereocenters. The van der Waals surface area contributed by atoms with Crippen LogP contribution in [0.2, 0.25) is 0 Å². The van der Waals surface area contributed by atoms with Gasteiger partial charge in [0.2, 0.25) is 0 Å². The largest absolute Gasteiger partial charge is 0.328 e. The predicted molar refractivity (Wildman–Crippen MR) is 66.8 cm³/mol. The Morgan fingerprint density at radius 1 is 1.00 bits per heavy atom. The fourth-order valence-electron chi connectivity index (χ4n) is 3.28. The molecule has 4 nitrogen and oxygen atoms in total. The molecular formula is C13H22N4. The van der Waals surface area contributed by atoms with E-state index in [1.807, 2.05) is 0 Å².